The van der Waals surface area contributed by atoms with Crippen LogP contribution in [0.4, 0.5) is 5.69 Å². The Balaban J connectivity index is 1.28. The summed E-state index contributed by atoms with van der Waals surface area (Å²) in [5.74, 6) is -0.0941. The van der Waals surface area contributed by atoms with Gasteiger partial charge in [-0.2, -0.15) is 5.10 Å². The lowest BCUT2D eigenvalue weighted by Gasteiger charge is -2.35. The quantitative estimate of drug-likeness (QED) is 0.138. The standard InChI is InChI=1S/C45H49Cl2N5O5/c1-24-17-31-21-37(45(54)55)50(23-30-12-15-56-16-13-30)41(31)36(18-24)51-22-27(4)52-42-34(10-11-35(46)39(42)38-28(5)48-49(7)29(38)6)33(43(52)44(51)53)9-8-14-57-32-19-25(2)40(47)26(3)20-32/h10-11,17-21,27,30H,8-9,12-16,22-23H2,1-7H3,(H,54,55)/t27-/m1/s1. The smallest absolute Gasteiger partial charge is 0.352 e. The molecule has 0 radical (unpaired) electrons. The van der Waals surface area contributed by atoms with Gasteiger partial charge in [-0.15, -0.1) is 0 Å². The molecule has 3 aromatic carbocycles. The minimum absolute atomic E-state index is 0.131. The Morgan fingerprint density at radius 1 is 0.982 bits per heavy atom. The number of fused-ring (bicyclic) bond motifs is 4. The first-order chi connectivity index (χ1) is 27.2. The maximum Gasteiger partial charge on any atom is 0.352 e. The summed E-state index contributed by atoms with van der Waals surface area (Å²) >= 11 is 13.6. The molecule has 12 heteroatoms. The SMILES string of the molecule is Cc1cc(N2C[C@@H](C)n3c(c(CCCOc4cc(C)c(Cl)c(C)c4)c4ccc(Cl)c(-c5c(C)nn(C)c5C)c43)C2=O)c2c(c1)cc(C(=O)O)n2CC1CCOCC1. The summed E-state index contributed by atoms with van der Waals surface area (Å²) in [6, 6.07) is 13.5. The van der Waals surface area contributed by atoms with Crippen molar-refractivity contribution in [3.63, 3.8) is 0 Å². The van der Waals surface area contributed by atoms with E-state index in [1.165, 1.54) is 0 Å². The van der Waals surface area contributed by atoms with E-state index in [9.17, 15) is 9.90 Å². The first-order valence-corrected chi connectivity index (χ1v) is 20.5. The third kappa shape index (κ3) is 6.79. The molecule has 57 heavy (non-hydrogen) atoms. The van der Waals surface area contributed by atoms with Crippen LogP contribution >= 0.6 is 23.2 Å². The van der Waals surface area contributed by atoms with Gasteiger partial charge in [0.15, 0.2) is 0 Å². The molecule has 0 aliphatic carbocycles. The molecule has 8 rings (SSSR count). The van der Waals surface area contributed by atoms with Crippen molar-refractivity contribution in [1.82, 2.24) is 18.9 Å². The van der Waals surface area contributed by atoms with Crippen LogP contribution in [0, 0.1) is 40.5 Å². The van der Waals surface area contributed by atoms with Crippen LogP contribution < -0.4 is 9.64 Å². The highest BCUT2D eigenvalue weighted by Crippen LogP contribution is 2.46. The van der Waals surface area contributed by atoms with Crippen molar-refractivity contribution in [3.8, 4) is 16.9 Å². The monoisotopic (exact) mass is 809 g/mol. The molecule has 298 valence electrons. The van der Waals surface area contributed by atoms with Gasteiger partial charge in [-0.1, -0.05) is 29.3 Å². The molecular formula is C45H49Cl2N5O5. The summed E-state index contributed by atoms with van der Waals surface area (Å²) in [6.45, 7) is 14.8. The topological polar surface area (TPSA) is 104 Å². The number of nitrogens with zero attached hydrogens (tertiary/aromatic N) is 5. The van der Waals surface area contributed by atoms with Gasteiger partial charge in [-0.3, -0.25) is 9.48 Å². The predicted octanol–water partition coefficient (Wildman–Crippen LogP) is 10.2. The van der Waals surface area contributed by atoms with Crippen molar-refractivity contribution in [2.24, 2.45) is 13.0 Å². The first kappa shape index (κ1) is 39.1. The summed E-state index contributed by atoms with van der Waals surface area (Å²) < 4.78 is 17.9. The number of halogens is 2. The average Bonchev–Trinajstić information content (AvgIpc) is 3.79. The zero-order chi connectivity index (χ0) is 40.4. The molecule has 0 saturated carbocycles. The second-order valence-electron chi connectivity index (χ2n) is 16.0. The third-order valence-corrected chi connectivity index (χ3v) is 12.9. The Bertz CT molecular complexity index is 2570. The van der Waals surface area contributed by atoms with Crippen molar-refractivity contribution in [3.05, 3.63) is 97.5 Å². The van der Waals surface area contributed by atoms with Crippen LogP contribution in [0.5, 0.6) is 5.75 Å². The summed E-state index contributed by atoms with van der Waals surface area (Å²) in [6.07, 6.45) is 2.94. The normalized spacial score (nSPS) is 16.3. The molecule has 1 saturated heterocycles. The number of ether oxygens (including phenoxy) is 2. The van der Waals surface area contributed by atoms with Crippen molar-refractivity contribution in [1.29, 1.82) is 0 Å². The number of hydrogen-bond acceptors (Lipinski definition) is 5. The maximum atomic E-state index is 15.5. The van der Waals surface area contributed by atoms with Crippen LogP contribution in [0.2, 0.25) is 10.0 Å². The minimum atomic E-state index is -0.987. The Labute approximate surface area is 342 Å². The van der Waals surface area contributed by atoms with Gasteiger partial charge in [0.05, 0.1) is 34.0 Å². The molecule has 1 amide bonds. The van der Waals surface area contributed by atoms with E-state index in [0.29, 0.717) is 56.5 Å². The minimum Gasteiger partial charge on any atom is -0.494 e. The van der Waals surface area contributed by atoms with Crippen molar-refractivity contribution in [2.75, 3.05) is 31.3 Å². The number of aromatic nitrogens is 4. The molecule has 3 aromatic heterocycles. The van der Waals surface area contributed by atoms with E-state index in [1.54, 1.807) is 6.07 Å². The molecule has 5 heterocycles. The summed E-state index contributed by atoms with van der Waals surface area (Å²) in [5, 5.41) is 18.3. The summed E-state index contributed by atoms with van der Waals surface area (Å²) in [7, 11) is 1.93. The number of hydrogen-bond donors (Lipinski definition) is 1. The number of aromatic carboxylic acids is 1. The highest BCUT2D eigenvalue weighted by molar-refractivity contribution is 6.35. The number of rotatable bonds is 10. The fraction of sp³-hybridized carbons (Fsp3) is 0.400. The van der Waals surface area contributed by atoms with Crippen LogP contribution in [0.1, 0.15) is 86.8 Å². The van der Waals surface area contributed by atoms with E-state index in [2.05, 4.69) is 11.5 Å². The second kappa shape index (κ2) is 15.2. The summed E-state index contributed by atoms with van der Waals surface area (Å²) in [4.78, 5) is 30.1. The molecule has 0 bridgehead atoms. The first-order valence-electron chi connectivity index (χ1n) is 19.8. The fourth-order valence-corrected chi connectivity index (χ4v) is 9.59. The highest BCUT2D eigenvalue weighted by Gasteiger charge is 2.38. The molecule has 1 N–H and O–H groups in total. The van der Waals surface area contributed by atoms with E-state index in [0.717, 1.165) is 95.9 Å². The second-order valence-corrected chi connectivity index (χ2v) is 16.8. The number of amides is 1. The van der Waals surface area contributed by atoms with E-state index in [4.69, 9.17) is 37.8 Å². The Hall–Kier alpha value is -4.77. The number of benzene rings is 3. The predicted molar refractivity (Wildman–Crippen MR) is 227 cm³/mol. The molecule has 1 fully saturated rings. The van der Waals surface area contributed by atoms with Gasteiger partial charge in [0.1, 0.15) is 17.1 Å². The lowest BCUT2D eigenvalue weighted by Crippen LogP contribution is -2.43. The van der Waals surface area contributed by atoms with Crippen molar-refractivity contribution < 1.29 is 24.2 Å². The Morgan fingerprint density at radius 3 is 2.37 bits per heavy atom. The van der Waals surface area contributed by atoms with Crippen LogP contribution in [0.15, 0.2) is 42.5 Å². The number of aryl methyl sites for hydroxylation is 6. The van der Waals surface area contributed by atoms with Gasteiger partial charge in [0, 0.05) is 72.0 Å². The number of carboxylic acid groups (broad SMARTS) is 1. The van der Waals surface area contributed by atoms with E-state index in [1.807, 2.05) is 92.2 Å². The molecule has 6 aromatic rings. The molecule has 2 aliphatic heterocycles. The van der Waals surface area contributed by atoms with Gasteiger partial charge in [-0.25, -0.2) is 4.79 Å². The van der Waals surface area contributed by atoms with Crippen LogP contribution in [0.3, 0.4) is 0 Å². The molecule has 2 aliphatic rings. The van der Waals surface area contributed by atoms with Crippen molar-refractivity contribution in [2.45, 2.75) is 79.8 Å². The van der Waals surface area contributed by atoms with Crippen LogP contribution in [0.25, 0.3) is 32.9 Å². The number of carboxylic acids is 1. The zero-order valence-corrected chi connectivity index (χ0v) is 35.1. The lowest BCUT2D eigenvalue weighted by molar-refractivity contribution is 0.0597. The van der Waals surface area contributed by atoms with E-state index >= 15 is 4.79 Å². The van der Waals surface area contributed by atoms with Gasteiger partial charge in [-0.05, 0) is 132 Å². The maximum absolute atomic E-state index is 15.5. The third-order valence-electron chi connectivity index (χ3n) is 12.0. The Kier molecular flexibility index (Phi) is 10.4. The summed E-state index contributed by atoms with van der Waals surface area (Å²) in [5.41, 5.74) is 10.7. The lowest BCUT2D eigenvalue weighted by atomic mass is 9.98. The van der Waals surface area contributed by atoms with Crippen LogP contribution in [-0.4, -0.2) is 62.3 Å². The average molecular weight is 811 g/mol. The van der Waals surface area contributed by atoms with Gasteiger partial charge < -0.3 is 28.6 Å². The number of anilines is 1. The Morgan fingerprint density at radius 2 is 1.70 bits per heavy atom. The number of carbonyl (C=O) groups is 2. The van der Waals surface area contributed by atoms with Gasteiger partial charge in [0.2, 0.25) is 0 Å². The highest BCUT2D eigenvalue weighted by atomic mass is 35.5. The van der Waals surface area contributed by atoms with Gasteiger partial charge in [0.25, 0.3) is 5.91 Å². The number of carbonyl (C=O) groups excluding carboxylic acids is 1. The van der Waals surface area contributed by atoms with Crippen LogP contribution in [-0.2, 0) is 24.8 Å². The molecule has 0 spiro atoms. The molecule has 1 atom stereocenters. The fourth-order valence-electron chi connectivity index (χ4n) is 9.23. The van der Waals surface area contributed by atoms with E-state index in [-0.39, 0.29) is 23.6 Å². The van der Waals surface area contributed by atoms with Crippen molar-refractivity contribution >= 4 is 62.6 Å². The van der Waals surface area contributed by atoms with E-state index < -0.39 is 5.97 Å². The molecule has 10 nitrogen and oxygen atoms in total. The largest absolute Gasteiger partial charge is 0.494 e. The zero-order valence-electron chi connectivity index (χ0n) is 33.6. The molecular weight excluding hydrogens is 761 g/mol. The van der Waals surface area contributed by atoms with Gasteiger partial charge >= 0.3 is 5.97 Å². The molecule has 0 unspecified atom stereocenters.